The molecule has 1 atom stereocenters. The van der Waals surface area contributed by atoms with Gasteiger partial charge in [-0.15, -0.1) is 0 Å². The third-order valence-electron chi connectivity index (χ3n) is 5.80. The van der Waals surface area contributed by atoms with E-state index in [0.717, 1.165) is 16.8 Å². The van der Waals surface area contributed by atoms with Gasteiger partial charge in [0.1, 0.15) is 11.5 Å². The zero-order valence-electron chi connectivity index (χ0n) is 20.7. The molecule has 0 saturated carbocycles. The summed E-state index contributed by atoms with van der Waals surface area (Å²) in [5.41, 5.74) is 3.17. The molecule has 0 bridgehead atoms. The van der Waals surface area contributed by atoms with Gasteiger partial charge in [-0.05, 0) is 31.4 Å². The number of methoxy groups -OCH3 is 2. The molecule has 9 heteroatoms. The molecule has 36 heavy (non-hydrogen) atoms. The van der Waals surface area contributed by atoms with Gasteiger partial charge in [0.25, 0.3) is 0 Å². The van der Waals surface area contributed by atoms with E-state index < -0.39 is 12.0 Å². The number of nitrogens with one attached hydrogen (secondary N) is 1. The van der Waals surface area contributed by atoms with Gasteiger partial charge in [0.15, 0.2) is 5.17 Å². The van der Waals surface area contributed by atoms with Crippen molar-refractivity contribution >= 4 is 34.5 Å². The van der Waals surface area contributed by atoms with E-state index in [4.69, 9.17) is 19.2 Å². The average molecular weight is 508 g/mol. The summed E-state index contributed by atoms with van der Waals surface area (Å²) in [6.45, 7) is 4.39. The van der Waals surface area contributed by atoms with Gasteiger partial charge in [-0.25, -0.2) is 9.79 Å². The number of benzene rings is 2. The van der Waals surface area contributed by atoms with Crippen molar-refractivity contribution < 1.29 is 23.8 Å². The lowest BCUT2D eigenvalue weighted by Gasteiger charge is -2.37. The molecule has 0 radical (unpaired) electrons. The third kappa shape index (κ3) is 4.97. The Labute approximate surface area is 215 Å². The highest BCUT2D eigenvalue weighted by Crippen LogP contribution is 2.49. The molecule has 188 valence electrons. The topological polar surface area (TPSA) is 89.5 Å². The van der Waals surface area contributed by atoms with Crippen LogP contribution in [0.15, 0.2) is 70.2 Å². The van der Waals surface area contributed by atoms with Gasteiger partial charge >= 0.3 is 5.97 Å². The number of hydrogen-bond acceptors (Lipinski definition) is 8. The second-order valence-corrected chi connectivity index (χ2v) is 8.82. The Bertz CT molecular complexity index is 1240. The zero-order chi connectivity index (χ0) is 25.7. The van der Waals surface area contributed by atoms with Crippen LogP contribution in [0.25, 0.3) is 5.70 Å². The fourth-order valence-corrected chi connectivity index (χ4v) is 5.17. The van der Waals surface area contributed by atoms with Crippen LogP contribution in [0.3, 0.4) is 0 Å². The fraction of sp³-hybridized carbons (Fsp3) is 0.296. The van der Waals surface area contributed by atoms with Crippen LogP contribution in [-0.2, 0) is 14.3 Å². The molecule has 8 nitrogen and oxygen atoms in total. The standard InChI is InChI=1S/C27H29N3O5S/c1-5-28-22(31)14-18-16-36-27-29-24(17-10-8-7-9-11-17)23(26(32)35-6-2)25(30(18)27)20-13-12-19(33-3)15-21(20)34-4/h7-13,15-16,25H,5-6,14H2,1-4H3,(H,28,31)/t25-/m0/s1. The Morgan fingerprint density at radius 1 is 1.08 bits per heavy atom. The van der Waals surface area contributed by atoms with E-state index >= 15 is 0 Å². The number of rotatable bonds is 9. The molecule has 1 amide bonds. The number of thioether (sulfide) groups is 1. The molecule has 0 unspecified atom stereocenters. The van der Waals surface area contributed by atoms with Crippen molar-refractivity contribution in [2.24, 2.45) is 4.99 Å². The van der Waals surface area contributed by atoms with E-state index in [9.17, 15) is 9.59 Å². The number of aliphatic imine (C=N–C) groups is 1. The van der Waals surface area contributed by atoms with Gasteiger partial charge < -0.3 is 24.4 Å². The summed E-state index contributed by atoms with van der Waals surface area (Å²) in [5, 5.41) is 5.43. The van der Waals surface area contributed by atoms with E-state index in [1.807, 2.05) is 59.7 Å². The summed E-state index contributed by atoms with van der Waals surface area (Å²) in [4.78, 5) is 33.0. The van der Waals surface area contributed by atoms with E-state index in [1.54, 1.807) is 27.2 Å². The van der Waals surface area contributed by atoms with Crippen molar-refractivity contribution in [1.29, 1.82) is 0 Å². The molecule has 2 heterocycles. The van der Waals surface area contributed by atoms with E-state index in [-0.39, 0.29) is 18.9 Å². The highest BCUT2D eigenvalue weighted by atomic mass is 32.2. The smallest absolute Gasteiger partial charge is 0.338 e. The second kappa shape index (κ2) is 11.3. The Kier molecular flexibility index (Phi) is 8.00. The number of carbonyl (C=O) groups is 2. The first-order chi connectivity index (χ1) is 17.5. The van der Waals surface area contributed by atoms with E-state index in [1.165, 1.54) is 11.8 Å². The molecule has 0 saturated heterocycles. The zero-order valence-corrected chi connectivity index (χ0v) is 21.6. The summed E-state index contributed by atoms with van der Waals surface area (Å²) < 4.78 is 16.7. The van der Waals surface area contributed by atoms with Crippen molar-refractivity contribution in [3.8, 4) is 11.5 Å². The minimum atomic E-state index is -0.636. The first-order valence-electron chi connectivity index (χ1n) is 11.7. The Hall–Kier alpha value is -3.72. The maximum Gasteiger partial charge on any atom is 0.338 e. The number of ether oxygens (including phenoxy) is 3. The summed E-state index contributed by atoms with van der Waals surface area (Å²) in [6.07, 6.45) is 0.144. The van der Waals surface area contributed by atoms with Gasteiger partial charge in [-0.2, -0.15) is 0 Å². The molecule has 0 fully saturated rings. The molecule has 2 aromatic rings. The third-order valence-corrected chi connectivity index (χ3v) is 6.69. The van der Waals surface area contributed by atoms with Crippen molar-refractivity contribution in [3.63, 3.8) is 0 Å². The van der Waals surface area contributed by atoms with Crippen LogP contribution < -0.4 is 14.8 Å². The normalized spacial score (nSPS) is 16.7. The second-order valence-electron chi connectivity index (χ2n) is 7.98. The number of amides is 1. The van der Waals surface area contributed by atoms with Crippen molar-refractivity contribution in [3.05, 3.63) is 76.3 Å². The monoisotopic (exact) mass is 507 g/mol. The fourth-order valence-electron chi connectivity index (χ4n) is 4.25. The van der Waals surface area contributed by atoms with Crippen molar-refractivity contribution in [2.75, 3.05) is 27.4 Å². The lowest BCUT2D eigenvalue weighted by Crippen LogP contribution is -2.38. The predicted octanol–water partition coefficient (Wildman–Crippen LogP) is 4.51. The molecule has 0 spiro atoms. The molecule has 0 aliphatic carbocycles. The molecule has 2 aromatic carbocycles. The van der Waals surface area contributed by atoms with E-state index in [2.05, 4.69) is 5.32 Å². The lowest BCUT2D eigenvalue weighted by atomic mass is 9.90. The summed E-state index contributed by atoms with van der Waals surface area (Å²) in [7, 11) is 3.16. The molecular formula is C27H29N3O5S. The molecule has 4 rings (SSSR count). The highest BCUT2D eigenvalue weighted by molar-refractivity contribution is 8.16. The number of nitrogens with zero attached hydrogens (tertiary/aromatic N) is 2. The minimum Gasteiger partial charge on any atom is -0.497 e. The van der Waals surface area contributed by atoms with Crippen LogP contribution in [0.4, 0.5) is 0 Å². The lowest BCUT2D eigenvalue weighted by molar-refractivity contribution is -0.139. The molecule has 0 aromatic heterocycles. The molecule has 2 aliphatic rings. The Balaban J connectivity index is 1.95. The number of fused-ring (bicyclic) bond motifs is 1. The molecule has 1 N–H and O–H groups in total. The van der Waals surface area contributed by atoms with Crippen LogP contribution in [0.1, 0.15) is 37.4 Å². The largest absolute Gasteiger partial charge is 0.497 e. The molecular weight excluding hydrogens is 478 g/mol. The SMILES string of the molecule is CCNC(=O)CC1=CSC2=NC(c3ccccc3)=C(C(=O)OCC)[C@H](c3ccc(OC)cc3OC)N12. The van der Waals surface area contributed by atoms with Crippen molar-refractivity contribution in [2.45, 2.75) is 26.3 Å². The molecule has 2 aliphatic heterocycles. The van der Waals surface area contributed by atoms with Crippen LogP contribution in [0.5, 0.6) is 11.5 Å². The number of carbonyl (C=O) groups excluding carboxylic acids is 2. The highest BCUT2D eigenvalue weighted by Gasteiger charge is 2.43. The maximum atomic E-state index is 13.6. The quantitative estimate of drug-likeness (QED) is 0.500. The number of hydrogen-bond donors (Lipinski definition) is 1. The van der Waals surface area contributed by atoms with Crippen LogP contribution >= 0.6 is 11.8 Å². The van der Waals surface area contributed by atoms with Crippen LogP contribution in [0, 0.1) is 0 Å². The van der Waals surface area contributed by atoms with Gasteiger partial charge in [-0.1, -0.05) is 42.1 Å². The van der Waals surface area contributed by atoms with E-state index in [0.29, 0.717) is 34.5 Å². The van der Waals surface area contributed by atoms with Gasteiger partial charge in [0.2, 0.25) is 5.91 Å². The Morgan fingerprint density at radius 3 is 2.53 bits per heavy atom. The summed E-state index contributed by atoms with van der Waals surface area (Å²) >= 11 is 1.42. The Morgan fingerprint density at radius 2 is 1.86 bits per heavy atom. The van der Waals surface area contributed by atoms with Crippen molar-refractivity contribution in [1.82, 2.24) is 10.2 Å². The minimum absolute atomic E-state index is 0.110. The summed E-state index contributed by atoms with van der Waals surface area (Å²) in [6, 6.07) is 14.4. The number of amidine groups is 1. The maximum absolute atomic E-state index is 13.6. The van der Waals surface area contributed by atoms with Gasteiger partial charge in [0, 0.05) is 29.4 Å². The number of esters is 1. The van der Waals surface area contributed by atoms with Crippen LogP contribution in [-0.4, -0.2) is 49.3 Å². The first-order valence-corrected chi connectivity index (χ1v) is 12.6. The first kappa shape index (κ1) is 25.4. The average Bonchev–Trinajstić information content (AvgIpc) is 3.30. The van der Waals surface area contributed by atoms with Gasteiger partial charge in [0.05, 0.1) is 44.6 Å². The summed E-state index contributed by atoms with van der Waals surface area (Å²) in [5.74, 6) is 0.584. The van der Waals surface area contributed by atoms with Crippen LogP contribution in [0.2, 0.25) is 0 Å². The van der Waals surface area contributed by atoms with Gasteiger partial charge in [-0.3, -0.25) is 4.79 Å². The predicted molar refractivity (Wildman–Crippen MR) is 141 cm³/mol.